The van der Waals surface area contributed by atoms with Gasteiger partial charge in [-0.05, 0) is 54.7 Å². The number of anilines is 1. The molecule has 3 heterocycles. The Morgan fingerprint density at radius 2 is 2.10 bits per heavy atom. The lowest BCUT2D eigenvalue weighted by Gasteiger charge is -2.09. The van der Waals surface area contributed by atoms with Crippen molar-refractivity contribution in [2.24, 2.45) is 0 Å². The molecule has 1 unspecified atom stereocenters. The first-order valence-corrected chi connectivity index (χ1v) is 10.4. The maximum atomic E-state index is 12.5. The fraction of sp³-hybridized carbons (Fsp3) is 0.250. The van der Waals surface area contributed by atoms with Gasteiger partial charge in [-0.25, -0.2) is 4.68 Å². The summed E-state index contributed by atoms with van der Waals surface area (Å²) >= 11 is 0. The van der Waals surface area contributed by atoms with Crippen molar-refractivity contribution in [3.8, 4) is 16.8 Å². The van der Waals surface area contributed by atoms with Crippen molar-refractivity contribution in [2.75, 3.05) is 11.9 Å². The van der Waals surface area contributed by atoms with Crippen LogP contribution in [-0.4, -0.2) is 33.4 Å². The summed E-state index contributed by atoms with van der Waals surface area (Å²) in [6, 6.07) is 14.6. The molecule has 2 N–H and O–H groups in total. The highest BCUT2D eigenvalue weighted by atomic mass is 16.5. The number of ether oxygens (including phenoxy) is 1. The Bertz CT molecular complexity index is 1180. The molecule has 1 saturated heterocycles. The summed E-state index contributed by atoms with van der Waals surface area (Å²) < 4.78 is 7.38. The first-order valence-electron chi connectivity index (χ1n) is 10.4. The van der Waals surface area contributed by atoms with E-state index in [9.17, 15) is 4.79 Å². The van der Waals surface area contributed by atoms with Crippen LogP contribution in [0.25, 0.3) is 27.7 Å². The molecule has 1 amide bonds. The van der Waals surface area contributed by atoms with Crippen LogP contribution < -0.4 is 5.32 Å². The second-order valence-electron chi connectivity index (χ2n) is 7.65. The minimum Gasteiger partial charge on any atom is -0.368 e. The summed E-state index contributed by atoms with van der Waals surface area (Å²) in [5, 5.41) is 8.51. The number of benzene rings is 2. The van der Waals surface area contributed by atoms with Crippen LogP contribution in [0.1, 0.15) is 25.3 Å². The minimum absolute atomic E-state index is 0.0813. The van der Waals surface area contributed by atoms with Crippen LogP contribution in [0.3, 0.4) is 0 Å². The molecular formula is C24H24N4O2. The zero-order valence-electron chi connectivity index (χ0n) is 16.9. The van der Waals surface area contributed by atoms with E-state index in [0.29, 0.717) is 6.61 Å². The molecule has 6 nitrogen and oxygen atoms in total. The lowest BCUT2D eigenvalue weighted by molar-refractivity contribution is -0.124. The van der Waals surface area contributed by atoms with Crippen molar-refractivity contribution in [1.82, 2.24) is 14.8 Å². The first-order chi connectivity index (χ1) is 14.7. The molecule has 1 aliphatic rings. The highest BCUT2D eigenvalue weighted by Gasteiger charge is 2.24. The fourth-order valence-electron chi connectivity index (χ4n) is 3.90. The van der Waals surface area contributed by atoms with Gasteiger partial charge in [-0.15, -0.1) is 0 Å². The molecule has 6 heteroatoms. The third kappa shape index (κ3) is 3.50. The number of aromatic nitrogens is 3. The molecule has 1 atom stereocenters. The summed E-state index contributed by atoms with van der Waals surface area (Å²) in [4.78, 5) is 15.7. The average molecular weight is 400 g/mol. The van der Waals surface area contributed by atoms with Crippen LogP contribution in [0, 0.1) is 0 Å². The van der Waals surface area contributed by atoms with Crippen molar-refractivity contribution in [3.05, 3.63) is 66.6 Å². The predicted octanol–water partition coefficient (Wildman–Crippen LogP) is 4.70. The molecule has 0 radical (unpaired) electrons. The maximum absolute atomic E-state index is 12.5. The topological polar surface area (TPSA) is 71.9 Å². The van der Waals surface area contributed by atoms with Crippen molar-refractivity contribution in [1.29, 1.82) is 0 Å². The SMILES string of the molecule is CCc1ccc(-n2cc(-c3ccc4[nH]cc(NC(=O)C5CCCO5)c4c3)cn2)cc1. The van der Waals surface area contributed by atoms with E-state index in [-0.39, 0.29) is 12.0 Å². The Balaban J connectivity index is 1.42. The molecule has 30 heavy (non-hydrogen) atoms. The van der Waals surface area contributed by atoms with Crippen LogP contribution in [0.4, 0.5) is 5.69 Å². The van der Waals surface area contributed by atoms with Gasteiger partial charge < -0.3 is 15.0 Å². The molecule has 1 fully saturated rings. The Morgan fingerprint density at radius 3 is 2.87 bits per heavy atom. The molecule has 2 aromatic carbocycles. The predicted molar refractivity (Wildman–Crippen MR) is 118 cm³/mol. The summed E-state index contributed by atoms with van der Waals surface area (Å²) in [5.74, 6) is -0.0813. The molecule has 5 rings (SSSR count). The Morgan fingerprint density at radius 1 is 1.23 bits per heavy atom. The van der Waals surface area contributed by atoms with Crippen LogP contribution in [0.15, 0.2) is 61.1 Å². The molecular weight excluding hydrogens is 376 g/mol. The number of aryl methyl sites for hydroxylation is 1. The van der Waals surface area contributed by atoms with E-state index in [1.54, 1.807) is 0 Å². The van der Waals surface area contributed by atoms with Gasteiger partial charge in [0.2, 0.25) is 0 Å². The molecule has 0 aliphatic carbocycles. The third-order valence-electron chi connectivity index (χ3n) is 5.69. The van der Waals surface area contributed by atoms with E-state index in [1.165, 1.54) is 5.56 Å². The molecule has 0 saturated carbocycles. The Kier molecular flexibility index (Phi) is 4.85. The number of nitrogens with zero attached hydrogens (tertiary/aromatic N) is 2. The summed E-state index contributed by atoms with van der Waals surface area (Å²) in [6.07, 6.45) is 8.10. The zero-order chi connectivity index (χ0) is 20.5. The highest BCUT2D eigenvalue weighted by Crippen LogP contribution is 2.30. The number of hydrogen-bond acceptors (Lipinski definition) is 3. The monoisotopic (exact) mass is 400 g/mol. The molecule has 1 aliphatic heterocycles. The number of rotatable bonds is 5. The first kappa shape index (κ1) is 18.6. The van der Waals surface area contributed by atoms with Crippen molar-refractivity contribution in [3.63, 3.8) is 0 Å². The van der Waals surface area contributed by atoms with E-state index < -0.39 is 0 Å². The highest BCUT2D eigenvalue weighted by molar-refractivity contribution is 6.04. The Hall–Kier alpha value is -3.38. The number of fused-ring (bicyclic) bond motifs is 1. The van der Waals surface area contributed by atoms with Crippen molar-refractivity contribution < 1.29 is 9.53 Å². The summed E-state index contributed by atoms with van der Waals surface area (Å²) in [7, 11) is 0. The van der Waals surface area contributed by atoms with Gasteiger partial charge in [0.15, 0.2) is 0 Å². The zero-order valence-corrected chi connectivity index (χ0v) is 16.9. The van der Waals surface area contributed by atoms with Gasteiger partial charge in [-0.3, -0.25) is 4.79 Å². The minimum atomic E-state index is -0.351. The second kappa shape index (κ2) is 7.80. The van der Waals surface area contributed by atoms with Gasteiger partial charge in [0, 0.05) is 35.5 Å². The number of carbonyl (C=O) groups is 1. The smallest absolute Gasteiger partial charge is 0.253 e. The van der Waals surface area contributed by atoms with Crippen LogP contribution in [0.2, 0.25) is 0 Å². The number of carbonyl (C=O) groups excluding carboxylic acids is 1. The number of aromatic amines is 1. The Labute approximate surface area is 174 Å². The molecule has 0 spiro atoms. The standard InChI is InChI=1S/C24H24N4O2/c1-2-16-5-8-19(9-6-16)28-15-18(13-26-28)17-7-10-21-20(12-17)22(14-25-21)27-24(29)23-4-3-11-30-23/h5-10,12-15,23,25H,2-4,11H2,1H3,(H,27,29). The number of amides is 1. The average Bonchev–Trinajstić information content (AvgIpc) is 3.54. The van der Waals surface area contributed by atoms with Gasteiger partial charge in [-0.1, -0.05) is 25.1 Å². The lowest BCUT2D eigenvalue weighted by Crippen LogP contribution is -2.26. The van der Waals surface area contributed by atoms with Crippen molar-refractivity contribution in [2.45, 2.75) is 32.3 Å². The lowest BCUT2D eigenvalue weighted by atomic mass is 10.1. The quantitative estimate of drug-likeness (QED) is 0.510. The largest absolute Gasteiger partial charge is 0.368 e. The number of nitrogens with one attached hydrogen (secondary N) is 2. The van der Waals surface area contributed by atoms with Crippen LogP contribution >= 0.6 is 0 Å². The maximum Gasteiger partial charge on any atom is 0.253 e. The number of hydrogen-bond donors (Lipinski definition) is 2. The molecule has 152 valence electrons. The summed E-state index contributed by atoms with van der Waals surface area (Å²) in [6.45, 7) is 2.80. The fourth-order valence-corrected chi connectivity index (χ4v) is 3.90. The molecule has 4 aromatic rings. The number of H-pyrrole nitrogens is 1. The van der Waals surface area contributed by atoms with E-state index in [4.69, 9.17) is 4.74 Å². The van der Waals surface area contributed by atoms with Gasteiger partial charge in [0.1, 0.15) is 6.10 Å². The summed E-state index contributed by atoms with van der Waals surface area (Å²) in [5.41, 5.74) is 6.16. The van der Waals surface area contributed by atoms with Crippen LogP contribution in [-0.2, 0) is 16.0 Å². The van der Waals surface area contributed by atoms with E-state index >= 15 is 0 Å². The van der Waals surface area contributed by atoms with Gasteiger partial charge >= 0.3 is 0 Å². The normalized spacial score (nSPS) is 16.2. The van der Waals surface area contributed by atoms with E-state index in [1.807, 2.05) is 29.3 Å². The molecule has 0 bridgehead atoms. The van der Waals surface area contributed by atoms with Gasteiger partial charge in [0.05, 0.1) is 17.6 Å². The van der Waals surface area contributed by atoms with E-state index in [2.05, 4.69) is 58.7 Å². The second-order valence-corrected chi connectivity index (χ2v) is 7.65. The van der Waals surface area contributed by atoms with Crippen molar-refractivity contribution >= 4 is 22.5 Å². The van der Waals surface area contributed by atoms with E-state index in [0.717, 1.165) is 52.7 Å². The molecule has 2 aromatic heterocycles. The van der Waals surface area contributed by atoms with Gasteiger partial charge in [-0.2, -0.15) is 5.10 Å². The van der Waals surface area contributed by atoms with Crippen LogP contribution in [0.5, 0.6) is 0 Å². The van der Waals surface area contributed by atoms with Gasteiger partial charge in [0.25, 0.3) is 5.91 Å². The third-order valence-corrected chi connectivity index (χ3v) is 5.69.